The highest BCUT2D eigenvalue weighted by Crippen LogP contribution is 2.29. The fourth-order valence-corrected chi connectivity index (χ4v) is 3.11. The number of halogens is 2. The van der Waals surface area contributed by atoms with Crippen LogP contribution in [0.3, 0.4) is 0 Å². The molecule has 108 valence electrons. The van der Waals surface area contributed by atoms with Crippen LogP contribution in [-0.4, -0.2) is 9.55 Å². The van der Waals surface area contributed by atoms with Crippen molar-refractivity contribution in [3.8, 4) is 0 Å². The summed E-state index contributed by atoms with van der Waals surface area (Å²) in [5.74, 6) is -3.12. The Morgan fingerprint density at radius 3 is 2.71 bits per heavy atom. The maximum atomic E-state index is 14.2. The highest BCUT2D eigenvalue weighted by atomic mass is 32.1. The Balaban J connectivity index is 2.02. The van der Waals surface area contributed by atoms with Crippen molar-refractivity contribution in [3.05, 3.63) is 63.5 Å². The number of hydrogen-bond donors (Lipinski definition) is 0. The summed E-state index contributed by atoms with van der Waals surface area (Å²) in [7, 11) is 0. The van der Waals surface area contributed by atoms with E-state index in [1.807, 2.05) is 6.92 Å². The van der Waals surface area contributed by atoms with Crippen LogP contribution < -0.4 is 5.56 Å². The van der Waals surface area contributed by atoms with Crippen molar-refractivity contribution in [1.82, 2.24) is 9.55 Å². The van der Waals surface area contributed by atoms with Crippen LogP contribution in [-0.2, 0) is 12.5 Å². The Labute approximate surface area is 123 Å². The zero-order valence-electron chi connectivity index (χ0n) is 11.2. The fraction of sp³-hybridized carbons (Fsp3) is 0.200. The lowest BCUT2D eigenvalue weighted by Crippen LogP contribution is -2.29. The molecule has 1 aromatic carbocycles. The van der Waals surface area contributed by atoms with Gasteiger partial charge in [0.15, 0.2) is 0 Å². The SMILES string of the molecule is Cc1csc2c(=O)n(CC(F)(F)c3ccccc3)cnc12. The van der Waals surface area contributed by atoms with Gasteiger partial charge in [0.25, 0.3) is 11.5 Å². The summed E-state index contributed by atoms with van der Waals surface area (Å²) in [6.07, 6.45) is 1.20. The summed E-state index contributed by atoms with van der Waals surface area (Å²) in [6, 6.07) is 7.48. The van der Waals surface area contributed by atoms with Gasteiger partial charge in [-0.15, -0.1) is 11.3 Å². The molecule has 3 nitrogen and oxygen atoms in total. The van der Waals surface area contributed by atoms with E-state index in [2.05, 4.69) is 4.98 Å². The van der Waals surface area contributed by atoms with Crippen LogP contribution in [0, 0.1) is 6.92 Å². The fourth-order valence-electron chi connectivity index (χ4n) is 2.16. The number of alkyl halides is 2. The van der Waals surface area contributed by atoms with Crippen LogP contribution in [0.1, 0.15) is 11.1 Å². The molecule has 2 heterocycles. The van der Waals surface area contributed by atoms with Gasteiger partial charge in [0, 0.05) is 5.56 Å². The lowest BCUT2D eigenvalue weighted by atomic mass is 10.1. The first-order valence-electron chi connectivity index (χ1n) is 6.35. The Bertz CT molecular complexity index is 840. The van der Waals surface area contributed by atoms with Crippen molar-refractivity contribution in [2.75, 3.05) is 0 Å². The van der Waals surface area contributed by atoms with Gasteiger partial charge in [-0.05, 0) is 17.9 Å². The first-order chi connectivity index (χ1) is 9.99. The third-order valence-corrected chi connectivity index (χ3v) is 4.36. The molecule has 0 aliphatic heterocycles. The van der Waals surface area contributed by atoms with Crippen molar-refractivity contribution >= 4 is 21.6 Å². The Morgan fingerprint density at radius 2 is 2.00 bits per heavy atom. The summed E-state index contributed by atoms with van der Waals surface area (Å²) in [5, 5.41) is 1.80. The Hall–Kier alpha value is -2.08. The monoisotopic (exact) mass is 306 g/mol. The molecule has 0 aliphatic rings. The maximum Gasteiger partial charge on any atom is 0.290 e. The molecule has 2 aromatic heterocycles. The molecule has 0 atom stereocenters. The van der Waals surface area contributed by atoms with E-state index in [0.717, 1.165) is 10.1 Å². The Morgan fingerprint density at radius 1 is 1.29 bits per heavy atom. The molecular weight excluding hydrogens is 294 g/mol. The van der Waals surface area contributed by atoms with E-state index in [4.69, 9.17) is 0 Å². The summed E-state index contributed by atoms with van der Waals surface area (Å²) >= 11 is 1.24. The average Bonchev–Trinajstić information content (AvgIpc) is 2.85. The first-order valence-corrected chi connectivity index (χ1v) is 7.23. The van der Waals surface area contributed by atoms with E-state index in [1.165, 1.54) is 29.8 Å². The molecule has 3 rings (SSSR count). The van der Waals surface area contributed by atoms with Crippen molar-refractivity contribution in [2.45, 2.75) is 19.4 Å². The third-order valence-electron chi connectivity index (χ3n) is 3.29. The van der Waals surface area contributed by atoms with Crippen LogP contribution in [0.15, 0.2) is 46.8 Å². The second kappa shape index (κ2) is 5.04. The Kier molecular flexibility index (Phi) is 3.33. The third kappa shape index (κ3) is 2.47. The molecule has 0 saturated carbocycles. The van der Waals surface area contributed by atoms with E-state index in [-0.39, 0.29) is 5.56 Å². The van der Waals surface area contributed by atoms with Crippen LogP contribution in [0.2, 0.25) is 0 Å². The topological polar surface area (TPSA) is 34.9 Å². The van der Waals surface area contributed by atoms with Crippen molar-refractivity contribution in [3.63, 3.8) is 0 Å². The zero-order chi connectivity index (χ0) is 15.0. The van der Waals surface area contributed by atoms with Gasteiger partial charge in [-0.3, -0.25) is 9.36 Å². The molecule has 0 unspecified atom stereocenters. The molecule has 6 heteroatoms. The minimum absolute atomic E-state index is 0.112. The highest BCUT2D eigenvalue weighted by molar-refractivity contribution is 7.17. The average molecular weight is 306 g/mol. The van der Waals surface area contributed by atoms with Gasteiger partial charge in [0.2, 0.25) is 0 Å². The number of rotatable bonds is 3. The highest BCUT2D eigenvalue weighted by Gasteiger charge is 2.32. The van der Waals surface area contributed by atoms with E-state index >= 15 is 0 Å². The molecule has 3 aromatic rings. The molecule has 0 spiro atoms. The van der Waals surface area contributed by atoms with Gasteiger partial charge in [-0.1, -0.05) is 30.3 Å². The van der Waals surface area contributed by atoms with Crippen LogP contribution in [0.5, 0.6) is 0 Å². The second-order valence-electron chi connectivity index (χ2n) is 4.84. The summed E-state index contributed by atoms with van der Waals surface area (Å²) in [5.41, 5.74) is 0.936. The number of benzene rings is 1. The van der Waals surface area contributed by atoms with E-state index < -0.39 is 18.0 Å². The molecule has 0 amide bonds. The molecule has 0 fully saturated rings. The van der Waals surface area contributed by atoms with E-state index in [1.54, 1.807) is 23.6 Å². The van der Waals surface area contributed by atoms with Crippen molar-refractivity contribution < 1.29 is 8.78 Å². The largest absolute Gasteiger partial charge is 0.292 e. The van der Waals surface area contributed by atoms with Gasteiger partial charge in [0.05, 0.1) is 18.4 Å². The molecule has 0 N–H and O–H groups in total. The zero-order valence-corrected chi connectivity index (χ0v) is 12.0. The van der Waals surface area contributed by atoms with Gasteiger partial charge in [-0.25, -0.2) is 4.98 Å². The number of aromatic nitrogens is 2. The van der Waals surface area contributed by atoms with Gasteiger partial charge in [0.1, 0.15) is 4.70 Å². The number of nitrogens with zero attached hydrogens (tertiary/aromatic N) is 2. The quantitative estimate of drug-likeness (QED) is 0.741. The molecule has 0 bridgehead atoms. The first kappa shape index (κ1) is 13.9. The summed E-state index contributed by atoms with van der Waals surface area (Å²) in [4.78, 5) is 16.4. The van der Waals surface area contributed by atoms with Crippen molar-refractivity contribution in [1.29, 1.82) is 0 Å². The molecular formula is C15H12F2N2OS. The van der Waals surface area contributed by atoms with E-state index in [9.17, 15) is 13.6 Å². The van der Waals surface area contributed by atoms with Gasteiger partial charge >= 0.3 is 0 Å². The van der Waals surface area contributed by atoms with Crippen LogP contribution >= 0.6 is 11.3 Å². The summed E-state index contributed by atoms with van der Waals surface area (Å²) < 4.78 is 29.9. The minimum atomic E-state index is -3.12. The molecule has 0 aliphatic carbocycles. The normalized spacial score (nSPS) is 12.0. The lowest BCUT2D eigenvalue weighted by molar-refractivity contribution is -0.0232. The molecule has 0 radical (unpaired) electrons. The number of aryl methyl sites for hydroxylation is 1. The smallest absolute Gasteiger partial charge is 0.290 e. The minimum Gasteiger partial charge on any atom is -0.292 e. The van der Waals surface area contributed by atoms with Gasteiger partial charge in [-0.2, -0.15) is 8.78 Å². The van der Waals surface area contributed by atoms with E-state index in [0.29, 0.717) is 10.2 Å². The number of fused-ring (bicyclic) bond motifs is 1. The predicted molar refractivity (Wildman–Crippen MR) is 79.0 cm³/mol. The van der Waals surface area contributed by atoms with Crippen LogP contribution in [0.4, 0.5) is 8.78 Å². The molecule has 21 heavy (non-hydrogen) atoms. The number of hydrogen-bond acceptors (Lipinski definition) is 3. The predicted octanol–water partition coefficient (Wildman–Crippen LogP) is 3.56. The second-order valence-corrected chi connectivity index (χ2v) is 5.72. The summed E-state index contributed by atoms with van der Waals surface area (Å²) in [6.45, 7) is 1.13. The molecule has 0 saturated heterocycles. The standard InChI is InChI=1S/C15H12F2N2OS/c1-10-7-21-13-12(10)18-9-19(14(13)20)8-15(16,17)11-5-3-2-4-6-11/h2-7,9H,8H2,1H3. The van der Waals surface area contributed by atoms with Gasteiger partial charge < -0.3 is 0 Å². The lowest BCUT2D eigenvalue weighted by Gasteiger charge is -2.17. The van der Waals surface area contributed by atoms with Crippen LogP contribution in [0.25, 0.3) is 10.2 Å². The van der Waals surface area contributed by atoms with Crippen molar-refractivity contribution in [2.24, 2.45) is 0 Å². The maximum absolute atomic E-state index is 14.2. The number of thiophene rings is 1.